The third kappa shape index (κ3) is 8.22. The van der Waals surface area contributed by atoms with Gasteiger partial charge in [0.05, 0.1) is 0 Å². The van der Waals surface area contributed by atoms with E-state index in [2.05, 4.69) is 11.8 Å². The van der Waals surface area contributed by atoms with Gasteiger partial charge in [0.25, 0.3) is 0 Å². The summed E-state index contributed by atoms with van der Waals surface area (Å²) < 4.78 is 29.1. The van der Waals surface area contributed by atoms with Gasteiger partial charge in [0, 0.05) is 18.3 Å². The lowest BCUT2D eigenvalue weighted by Gasteiger charge is -2.17. The minimum atomic E-state index is -2.39. The van der Waals surface area contributed by atoms with Crippen molar-refractivity contribution < 1.29 is 18.3 Å². The van der Waals surface area contributed by atoms with Crippen molar-refractivity contribution in [2.24, 2.45) is 5.92 Å². The first kappa shape index (κ1) is 14.9. The van der Waals surface area contributed by atoms with Crippen LogP contribution in [0.2, 0.25) is 0 Å². The van der Waals surface area contributed by atoms with Crippen LogP contribution in [0.4, 0.5) is 8.78 Å². The van der Waals surface area contributed by atoms with Gasteiger partial charge < -0.3 is 4.74 Å². The largest absolute Gasteiger partial charge is 0.450 e. The average Bonchev–Trinajstić information content (AvgIpc) is 2.08. The van der Waals surface area contributed by atoms with Gasteiger partial charge in [-0.05, 0) is 27.2 Å². The van der Waals surface area contributed by atoms with Crippen LogP contribution in [0.15, 0.2) is 0 Å². The zero-order valence-corrected chi connectivity index (χ0v) is 10.1. The molecule has 1 atom stereocenters. The highest BCUT2D eigenvalue weighted by atomic mass is 19.3. The molecular formula is C12H18F2O2. The van der Waals surface area contributed by atoms with Crippen molar-refractivity contribution in [3.8, 4) is 11.8 Å². The molecule has 0 amide bonds. The third-order valence-corrected chi connectivity index (χ3v) is 1.73. The summed E-state index contributed by atoms with van der Waals surface area (Å²) in [4.78, 5) is 11.2. The molecule has 0 heterocycles. The van der Waals surface area contributed by atoms with Crippen LogP contribution in [0, 0.1) is 17.8 Å². The number of hydrogen-bond acceptors (Lipinski definition) is 2. The highest BCUT2D eigenvalue weighted by Crippen LogP contribution is 2.13. The normalized spacial score (nSPS) is 12.9. The van der Waals surface area contributed by atoms with Crippen molar-refractivity contribution in [2.45, 2.75) is 52.6 Å². The molecule has 0 rings (SSSR count). The van der Waals surface area contributed by atoms with E-state index < -0.39 is 23.9 Å². The molecule has 1 unspecified atom stereocenters. The molecule has 0 aliphatic carbocycles. The first-order chi connectivity index (χ1) is 7.24. The number of halogens is 2. The number of carbonyl (C=O) groups is 1. The van der Waals surface area contributed by atoms with Gasteiger partial charge in [0.15, 0.2) is 0 Å². The van der Waals surface area contributed by atoms with Crippen LogP contribution in [0.5, 0.6) is 0 Å². The molecule has 0 saturated heterocycles. The Labute approximate surface area is 95.4 Å². The van der Waals surface area contributed by atoms with E-state index >= 15 is 0 Å². The van der Waals surface area contributed by atoms with Gasteiger partial charge >= 0.3 is 5.97 Å². The second kappa shape index (κ2) is 6.47. The van der Waals surface area contributed by atoms with Crippen molar-refractivity contribution in [1.29, 1.82) is 0 Å². The van der Waals surface area contributed by atoms with Gasteiger partial charge in [0.1, 0.15) is 5.60 Å². The Kier molecular flexibility index (Phi) is 6.02. The molecule has 0 radical (unpaired) electrons. The number of alkyl halides is 2. The monoisotopic (exact) mass is 232 g/mol. The number of hydrogen-bond donors (Lipinski definition) is 0. The van der Waals surface area contributed by atoms with Crippen LogP contribution in [-0.2, 0) is 9.53 Å². The maximum atomic E-state index is 12.1. The molecule has 0 spiro atoms. The minimum Gasteiger partial charge on any atom is -0.450 e. The highest BCUT2D eigenvalue weighted by Gasteiger charge is 2.15. The van der Waals surface area contributed by atoms with E-state index in [0.717, 1.165) is 0 Å². The molecule has 0 saturated carbocycles. The SMILES string of the molecule is CCC(C#CC(=O)OC(C)(C)C)CC(F)F. The van der Waals surface area contributed by atoms with Crippen molar-refractivity contribution >= 4 is 5.97 Å². The molecule has 0 aliphatic heterocycles. The summed E-state index contributed by atoms with van der Waals surface area (Å²) in [6.45, 7) is 6.94. The second-order valence-electron chi connectivity index (χ2n) is 4.50. The van der Waals surface area contributed by atoms with E-state index in [9.17, 15) is 13.6 Å². The summed E-state index contributed by atoms with van der Waals surface area (Å²) in [7, 11) is 0. The first-order valence-electron chi connectivity index (χ1n) is 5.27. The number of rotatable bonds is 3. The number of esters is 1. The Morgan fingerprint density at radius 1 is 1.38 bits per heavy atom. The fourth-order valence-corrected chi connectivity index (χ4v) is 1.01. The molecule has 2 nitrogen and oxygen atoms in total. The second-order valence-corrected chi connectivity index (χ2v) is 4.50. The highest BCUT2D eigenvalue weighted by molar-refractivity contribution is 5.88. The fraction of sp³-hybridized carbons (Fsp3) is 0.750. The summed E-state index contributed by atoms with van der Waals surface area (Å²) >= 11 is 0. The first-order valence-corrected chi connectivity index (χ1v) is 5.27. The van der Waals surface area contributed by atoms with Gasteiger partial charge in [-0.2, -0.15) is 0 Å². The predicted molar refractivity (Wildman–Crippen MR) is 58.0 cm³/mol. The maximum Gasteiger partial charge on any atom is 0.384 e. The van der Waals surface area contributed by atoms with Crippen LogP contribution in [0.3, 0.4) is 0 Å². The fourth-order valence-electron chi connectivity index (χ4n) is 1.01. The van der Waals surface area contributed by atoms with E-state index in [1.165, 1.54) is 0 Å². The van der Waals surface area contributed by atoms with Gasteiger partial charge in [-0.25, -0.2) is 13.6 Å². The lowest BCUT2D eigenvalue weighted by molar-refractivity contribution is -0.147. The van der Waals surface area contributed by atoms with Crippen LogP contribution < -0.4 is 0 Å². The topological polar surface area (TPSA) is 26.3 Å². The molecule has 4 heteroatoms. The molecule has 0 aromatic carbocycles. The average molecular weight is 232 g/mol. The van der Waals surface area contributed by atoms with Gasteiger partial charge in [0.2, 0.25) is 6.43 Å². The summed E-state index contributed by atoms with van der Waals surface area (Å²) in [5.41, 5.74) is -0.601. The predicted octanol–water partition coefficient (Wildman–Crippen LogP) is 3.01. The summed E-state index contributed by atoms with van der Waals surface area (Å²) in [6.07, 6.45) is -2.19. The van der Waals surface area contributed by atoms with Crippen LogP contribution in [0.25, 0.3) is 0 Å². The Hall–Kier alpha value is -1.11. The van der Waals surface area contributed by atoms with Crippen LogP contribution >= 0.6 is 0 Å². The van der Waals surface area contributed by atoms with E-state index in [1.807, 2.05) is 0 Å². The van der Waals surface area contributed by atoms with Gasteiger partial charge in [-0.15, -0.1) is 0 Å². The molecule has 0 fully saturated rings. The van der Waals surface area contributed by atoms with E-state index in [4.69, 9.17) is 4.74 Å². The Morgan fingerprint density at radius 2 is 1.94 bits per heavy atom. The molecule has 0 aliphatic rings. The standard InChI is InChI=1S/C12H18F2O2/c1-5-9(8-10(13)14)6-7-11(15)16-12(2,3)4/h9-10H,5,8H2,1-4H3. The summed E-state index contributed by atoms with van der Waals surface area (Å²) in [5, 5.41) is 0. The van der Waals surface area contributed by atoms with Crippen molar-refractivity contribution in [2.75, 3.05) is 0 Å². The molecule has 0 aromatic rings. The quantitative estimate of drug-likeness (QED) is 0.425. The zero-order valence-electron chi connectivity index (χ0n) is 10.1. The Balaban J connectivity index is 4.29. The van der Waals surface area contributed by atoms with E-state index in [1.54, 1.807) is 27.7 Å². The summed E-state index contributed by atoms with van der Waals surface area (Å²) in [6, 6.07) is 0. The molecule has 92 valence electrons. The molecular weight excluding hydrogens is 214 g/mol. The van der Waals surface area contributed by atoms with E-state index in [0.29, 0.717) is 6.42 Å². The molecule has 0 bridgehead atoms. The third-order valence-electron chi connectivity index (χ3n) is 1.73. The smallest absolute Gasteiger partial charge is 0.384 e. The van der Waals surface area contributed by atoms with Crippen molar-refractivity contribution in [1.82, 2.24) is 0 Å². The van der Waals surface area contributed by atoms with Crippen molar-refractivity contribution in [3.63, 3.8) is 0 Å². The van der Waals surface area contributed by atoms with Gasteiger partial charge in [-0.3, -0.25) is 0 Å². The van der Waals surface area contributed by atoms with Crippen molar-refractivity contribution in [3.05, 3.63) is 0 Å². The number of ether oxygens (including phenoxy) is 1. The van der Waals surface area contributed by atoms with Crippen LogP contribution in [0.1, 0.15) is 40.5 Å². The molecule has 0 aromatic heterocycles. The minimum absolute atomic E-state index is 0.299. The summed E-state index contributed by atoms with van der Waals surface area (Å²) in [5.74, 6) is 3.65. The molecule has 16 heavy (non-hydrogen) atoms. The number of carbonyl (C=O) groups excluding carboxylic acids is 1. The lowest BCUT2D eigenvalue weighted by atomic mass is 10.0. The Bertz CT molecular complexity index is 282. The van der Waals surface area contributed by atoms with E-state index in [-0.39, 0.29) is 6.42 Å². The van der Waals surface area contributed by atoms with Gasteiger partial charge in [-0.1, -0.05) is 12.8 Å². The lowest BCUT2D eigenvalue weighted by Crippen LogP contribution is -2.22. The Morgan fingerprint density at radius 3 is 2.31 bits per heavy atom. The maximum absolute atomic E-state index is 12.1. The zero-order chi connectivity index (χ0) is 12.8. The molecule has 0 N–H and O–H groups in total. The van der Waals surface area contributed by atoms with Crippen LogP contribution in [-0.4, -0.2) is 18.0 Å².